The number of amides is 5. The molecule has 0 radical (unpaired) electrons. The van der Waals surface area contributed by atoms with E-state index in [-0.39, 0.29) is 18.8 Å². The Morgan fingerprint density at radius 3 is 1.76 bits per heavy atom. The van der Waals surface area contributed by atoms with Crippen molar-refractivity contribution in [1.29, 1.82) is 0 Å². The van der Waals surface area contributed by atoms with Crippen LogP contribution in [0, 0.1) is 5.92 Å². The summed E-state index contributed by atoms with van der Waals surface area (Å²) in [5.74, 6) is -7.83. The van der Waals surface area contributed by atoms with Crippen LogP contribution in [0.1, 0.15) is 46.1 Å². The summed E-state index contributed by atoms with van der Waals surface area (Å²) in [4.78, 5) is 87.2. The van der Waals surface area contributed by atoms with Gasteiger partial charge >= 0.3 is 11.9 Å². The van der Waals surface area contributed by atoms with Crippen molar-refractivity contribution in [2.75, 3.05) is 6.61 Å². The molecule has 17 heteroatoms. The molecule has 11 N–H and O–H groups in total. The van der Waals surface area contributed by atoms with Gasteiger partial charge in [-0.25, -0.2) is 4.79 Å². The number of aliphatic hydroxyl groups is 2. The van der Waals surface area contributed by atoms with Gasteiger partial charge in [-0.15, -0.1) is 0 Å². The van der Waals surface area contributed by atoms with E-state index in [1.807, 2.05) is 0 Å². The van der Waals surface area contributed by atoms with Crippen LogP contribution in [0.5, 0.6) is 0 Å². The molecular weight excluding hydrogens is 608 g/mol. The normalized spacial score (nSPS) is 15.6. The average Bonchev–Trinajstić information content (AvgIpc) is 2.97. The first-order chi connectivity index (χ1) is 21.5. The summed E-state index contributed by atoms with van der Waals surface area (Å²) in [7, 11) is 0. The highest BCUT2D eigenvalue weighted by Crippen LogP contribution is 2.08. The summed E-state index contributed by atoms with van der Waals surface area (Å²) in [6, 6.07) is -0.367. The van der Waals surface area contributed by atoms with E-state index < -0.39 is 96.9 Å². The van der Waals surface area contributed by atoms with Crippen LogP contribution in [0.2, 0.25) is 0 Å². The van der Waals surface area contributed by atoms with Gasteiger partial charge in [-0.1, -0.05) is 44.2 Å². The van der Waals surface area contributed by atoms with Crippen molar-refractivity contribution in [2.45, 2.75) is 89.3 Å². The van der Waals surface area contributed by atoms with E-state index in [0.29, 0.717) is 5.56 Å². The molecule has 0 saturated heterocycles. The molecule has 1 aromatic carbocycles. The minimum absolute atomic E-state index is 0.0858. The SMILES string of the molecule is CC(C)CC(NC(=O)C(N)CO)C(=O)NC(C)C(=O)NC(CC(=O)O)C(=O)NC(C(=O)NC(Cc1ccccc1)C(=O)O)C(C)O. The van der Waals surface area contributed by atoms with E-state index in [1.54, 1.807) is 44.2 Å². The zero-order chi connectivity index (χ0) is 35.1. The van der Waals surface area contributed by atoms with Gasteiger partial charge in [-0.3, -0.25) is 28.8 Å². The monoisotopic (exact) mass is 652 g/mol. The standard InChI is InChI=1S/C29H44N6O11/c1-14(2)10-19(33-25(41)18(30)13-36)26(42)31-15(3)24(40)32-20(12-22(38)39)27(43)35-23(16(4)37)28(44)34-21(29(45)46)11-17-8-6-5-7-9-17/h5-9,14-16,18-21,23,36-37H,10-13,30H2,1-4H3,(H,31,42)(H,32,40)(H,33,41)(H,34,44)(H,35,43)(H,38,39)(H,45,46). The summed E-state index contributed by atoms with van der Waals surface area (Å²) in [5.41, 5.74) is 6.09. The molecule has 0 fully saturated rings. The maximum atomic E-state index is 13.1. The molecule has 0 aliphatic rings. The molecule has 1 rings (SSSR count). The number of hydrogen-bond donors (Lipinski definition) is 10. The number of aliphatic carboxylic acids is 2. The summed E-state index contributed by atoms with van der Waals surface area (Å²) >= 11 is 0. The summed E-state index contributed by atoms with van der Waals surface area (Å²) < 4.78 is 0. The number of carboxylic acid groups (broad SMARTS) is 2. The van der Waals surface area contributed by atoms with E-state index in [1.165, 1.54) is 6.92 Å². The highest BCUT2D eigenvalue weighted by molar-refractivity contribution is 5.97. The molecule has 0 spiro atoms. The van der Waals surface area contributed by atoms with Crippen LogP contribution in [0.3, 0.4) is 0 Å². The Kier molecular flexibility index (Phi) is 16.3. The molecule has 0 aliphatic heterocycles. The number of hydrogen-bond acceptors (Lipinski definition) is 10. The minimum atomic E-state index is -1.79. The Morgan fingerprint density at radius 1 is 0.717 bits per heavy atom. The Hall–Kier alpha value is -4.61. The second-order valence-corrected chi connectivity index (χ2v) is 11.2. The predicted octanol–water partition coefficient (Wildman–Crippen LogP) is -3.02. The number of nitrogens with two attached hydrogens (primary N) is 1. The molecule has 0 saturated carbocycles. The molecule has 0 heterocycles. The molecule has 256 valence electrons. The zero-order valence-corrected chi connectivity index (χ0v) is 26.1. The first-order valence-electron chi connectivity index (χ1n) is 14.5. The topological polar surface area (TPSA) is 287 Å². The summed E-state index contributed by atoms with van der Waals surface area (Å²) in [6.45, 7) is 5.26. The van der Waals surface area contributed by atoms with Crippen LogP contribution in [-0.4, -0.2) is 111 Å². The maximum Gasteiger partial charge on any atom is 0.326 e. The van der Waals surface area contributed by atoms with Crippen molar-refractivity contribution in [3.63, 3.8) is 0 Å². The highest BCUT2D eigenvalue weighted by Gasteiger charge is 2.34. The van der Waals surface area contributed by atoms with Gasteiger partial charge in [0, 0.05) is 6.42 Å². The minimum Gasteiger partial charge on any atom is -0.481 e. The van der Waals surface area contributed by atoms with Gasteiger partial charge in [-0.05, 0) is 31.7 Å². The first-order valence-corrected chi connectivity index (χ1v) is 14.5. The lowest BCUT2D eigenvalue weighted by atomic mass is 10.0. The number of carbonyl (C=O) groups excluding carboxylic acids is 5. The smallest absolute Gasteiger partial charge is 0.326 e. The molecule has 1 aromatic rings. The average molecular weight is 653 g/mol. The zero-order valence-electron chi connectivity index (χ0n) is 26.1. The van der Waals surface area contributed by atoms with Gasteiger partial charge in [-0.2, -0.15) is 0 Å². The second kappa shape index (κ2) is 19.0. The fraction of sp³-hybridized carbons (Fsp3) is 0.552. The van der Waals surface area contributed by atoms with Gasteiger partial charge < -0.3 is 52.7 Å². The number of carbonyl (C=O) groups is 7. The Morgan fingerprint density at radius 2 is 1.26 bits per heavy atom. The van der Waals surface area contributed by atoms with E-state index in [4.69, 9.17) is 10.8 Å². The van der Waals surface area contributed by atoms with Gasteiger partial charge in [0.15, 0.2) is 0 Å². The quantitative estimate of drug-likeness (QED) is 0.0715. The van der Waals surface area contributed by atoms with Gasteiger partial charge in [0.1, 0.15) is 36.3 Å². The maximum absolute atomic E-state index is 13.1. The molecule has 7 atom stereocenters. The lowest BCUT2D eigenvalue weighted by molar-refractivity contribution is -0.144. The predicted molar refractivity (Wildman–Crippen MR) is 162 cm³/mol. The van der Waals surface area contributed by atoms with Crippen LogP contribution in [0.25, 0.3) is 0 Å². The Balaban J connectivity index is 3.02. The van der Waals surface area contributed by atoms with E-state index in [9.17, 15) is 48.9 Å². The van der Waals surface area contributed by atoms with Crippen LogP contribution in [0.4, 0.5) is 0 Å². The summed E-state index contributed by atoms with van der Waals surface area (Å²) in [6.07, 6.45) is -2.49. The number of aliphatic hydroxyl groups excluding tert-OH is 2. The fourth-order valence-electron chi connectivity index (χ4n) is 4.10. The van der Waals surface area contributed by atoms with Crippen LogP contribution >= 0.6 is 0 Å². The molecule has 46 heavy (non-hydrogen) atoms. The van der Waals surface area contributed by atoms with Gasteiger partial charge in [0.2, 0.25) is 29.5 Å². The third-order valence-electron chi connectivity index (χ3n) is 6.60. The Bertz CT molecular complexity index is 1230. The lowest BCUT2D eigenvalue weighted by Gasteiger charge is -2.27. The third kappa shape index (κ3) is 13.6. The Labute approximate surface area is 265 Å². The number of nitrogens with one attached hydrogen (secondary N) is 5. The summed E-state index contributed by atoms with van der Waals surface area (Å²) in [5, 5.41) is 49.6. The molecule has 0 aromatic heterocycles. The van der Waals surface area contributed by atoms with Gasteiger partial charge in [0.25, 0.3) is 0 Å². The fourth-order valence-corrected chi connectivity index (χ4v) is 4.10. The molecule has 17 nitrogen and oxygen atoms in total. The van der Waals surface area contributed by atoms with Crippen molar-refractivity contribution >= 4 is 41.5 Å². The third-order valence-corrected chi connectivity index (χ3v) is 6.60. The molecule has 0 aliphatic carbocycles. The highest BCUT2D eigenvalue weighted by atomic mass is 16.4. The van der Waals surface area contributed by atoms with Crippen molar-refractivity contribution in [3.05, 3.63) is 35.9 Å². The number of carboxylic acids is 2. The number of benzene rings is 1. The molecule has 7 unspecified atom stereocenters. The molecule has 5 amide bonds. The first kappa shape index (κ1) is 39.4. The van der Waals surface area contributed by atoms with Crippen LogP contribution in [0.15, 0.2) is 30.3 Å². The molecular formula is C29H44N6O11. The van der Waals surface area contributed by atoms with E-state index in [2.05, 4.69) is 26.6 Å². The van der Waals surface area contributed by atoms with Crippen molar-refractivity contribution in [2.24, 2.45) is 11.7 Å². The van der Waals surface area contributed by atoms with Crippen LogP contribution < -0.4 is 32.3 Å². The van der Waals surface area contributed by atoms with Gasteiger partial charge in [0.05, 0.1) is 19.1 Å². The van der Waals surface area contributed by atoms with Crippen molar-refractivity contribution < 1.29 is 54.0 Å². The number of rotatable bonds is 19. The van der Waals surface area contributed by atoms with Crippen LogP contribution in [-0.2, 0) is 40.0 Å². The molecule has 0 bridgehead atoms. The largest absolute Gasteiger partial charge is 0.481 e. The van der Waals surface area contributed by atoms with E-state index >= 15 is 0 Å². The lowest BCUT2D eigenvalue weighted by Crippen LogP contribution is -2.61. The van der Waals surface area contributed by atoms with E-state index in [0.717, 1.165) is 6.92 Å². The van der Waals surface area contributed by atoms with Crippen molar-refractivity contribution in [3.8, 4) is 0 Å². The second-order valence-electron chi connectivity index (χ2n) is 11.2. The van der Waals surface area contributed by atoms with Crippen molar-refractivity contribution in [1.82, 2.24) is 26.6 Å².